The standard InChI is InChI=1S/C12H14N2O5/c15-8-11-7-13(5-6-19-11)12(16)9-1-3-10(4-2-9)14(17)18/h1-4,11,15H,5-8H2. The highest BCUT2D eigenvalue weighted by Gasteiger charge is 2.24. The number of hydrogen-bond donors (Lipinski definition) is 1. The van der Waals surface area contributed by atoms with Gasteiger partial charge in [-0.2, -0.15) is 0 Å². The van der Waals surface area contributed by atoms with Gasteiger partial charge in [0, 0.05) is 30.8 Å². The van der Waals surface area contributed by atoms with E-state index in [4.69, 9.17) is 9.84 Å². The maximum atomic E-state index is 12.2. The van der Waals surface area contributed by atoms with Crippen molar-refractivity contribution < 1.29 is 19.6 Å². The first kappa shape index (κ1) is 13.4. The van der Waals surface area contributed by atoms with Gasteiger partial charge < -0.3 is 14.7 Å². The van der Waals surface area contributed by atoms with Gasteiger partial charge in [-0.1, -0.05) is 0 Å². The van der Waals surface area contributed by atoms with Crippen LogP contribution in [0.1, 0.15) is 10.4 Å². The van der Waals surface area contributed by atoms with E-state index in [1.807, 2.05) is 0 Å². The van der Waals surface area contributed by atoms with E-state index >= 15 is 0 Å². The van der Waals surface area contributed by atoms with E-state index in [9.17, 15) is 14.9 Å². The molecule has 1 amide bonds. The van der Waals surface area contributed by atoms with E-state index in [0.29, 0.717) is 25.3 Å². The Kier molecular flexibility index (Phi) is 4.08. The molecule has 1 N–H and O–H groups in total. The van der Waals surface area contributed by atoms with Crippen molar-refractivity contribution in [1.29, 1.82) is 0 Å². The zero-order valence-corrected chi connectivity index (χ0v) is 10.2. The summed E-state index contributed by atoms with van der Waals surface area (Å²) in [4.78, 5) is 23.8. The van der Waals surface area contributed by atoms with Crippen LogP contribution in [0.3, 0.4) is 0 Å². The largest absolute Gasteiger partial charge is 0.394 e. The number of aliphatic hydroxyl groups is 1. The summed E-state index contributed by atoms with van der Waals surface area (Å²) in [5.74, 6) is -0.211. The van der Waals surface area contributed by atoms with Crippen molar-refractivity contribution in [3.63, 3.8) is 0 Å². The second-order valence-corrected chi connectivity index (χ2v) is 4.23. The Morgan fingerprint density at radius 2 is 2.16 bits per heavy atom. The predicted octanol–water partition coefficient (Wildman–Crippen LogP) is 0.428. The summed E-state index contributed by atoms with van der Waals surface area (Å²) < 4.78 is 5.26. The number of aliphatic hydroxyl groups excluding tert-OH is 1. The lowest BCUT2D eigenvalue weighted by Gasteiger charge is -2.32. The third kappa shape index (κ3) is 3.07. The molecule has 0 spiro atoms. The van der Waals surface area contributed by atoms with Gasteiger partial charge in [0.15, 0.2) is 0 Å². The van der Waals surface area contributed by atoms with Gasteiger partial charge in [0.05, 0.1) is 24.2 Å². The second kappa shape index (κ2) is 5.77. The molecular formula is C12H14N2O5. The lowest BCUT2D eigenvalue weighted by atomic mass is 10.1. The van der Waals surface area contributed by atoms with Crippen LogP contribution in [0.4, 0.5) is 5.69 Å². The van der Waals surface area contributed by atoms with Crippen molar-refractivity contribution in [2.24, 2.45) is 0 Å². The van der Waals surface area contributed by atoms with E-state index < -0.39 is 4.92 Å². The smallest absolute Gasteiger partial charge is 0.269 e. The fourth-order valence-corrected chi connectivity index (χ4v) is 1.92. The molecule has 7 nitrogen and oxygen atoms in total. The third-order valence-corrected chi connectivity index (χ3v) is 2.95. The molecule has 1 unspecified atom stereocenters. The minimum absolute atomic E-state index is 0.0493. The number of nitro groups is 1. The third-order valence-electron chi connectivity index (χ3n) is 2.95. The second-order valence-electron chi connectivity index (χ2n) is 4.23. The van der Waals surface area contributed by atoms with Gasteiger partial charge in [-0.05, 0) is 12.1 Å². The van der Waals surface area contributed by atoms with Crippen LogP contribution < -0.4 is 0 Å². The molecule has 1 heterocycles. The van der Waals surface area contributed by atoms with Crippen LogP contribution >= 0.6 is 0 Å². The van der Waals surface area contributed by atoms with Crippen LogP contribution in [0.15, 0.2) is 24.3 Å². The first-order valence-electron chi connectivity index (χ1n) is 5.88. The highest BCUT2D eigenvalue weighted by atomic mass is 16.6. The molecule has 1 saturated heterocycles. The topological polar surface area (TPSA) is 92.9 Å². The zero-order valence-electron chi connectivity index (χ0n) is 10.2. The van der Waals surface area contributed by atoms with E-state index in [-0.39, 0.29) is 24.3 Å². The van der Waals surface area contributed by atoms with Crippen LogP contribution in [0, 0.1) is 10.1 Å². The van der Waals surface area contributed by atoms with Gasteiger partial charge in [-0.3, -0.25) is 14.9 Å². The molecule has 102 valence electrons. The molecule has 1 fully saturated rings. The summed E-state index contributed by atoms with van der Waals surface area (Å²) in [5.41, 5.74) is 0.343. The zero-order chi connectivity index (χ0) is 13.8. The van der Waals surface area contributed by atoms with E-state index in [0.717, 1.165) is 0 Å². The molecule has 0 aromatic heterocycles. The van der Waals surface area contributed by atoms with Crippen molar-refractivity contribution >= 4 is 11.6 Å². The fourth-order valence-electron chi connectivity index (χ4n) is 1.92. The predicted molar refractivity (Wildman–Crippen MR) is 65.8 cm³/mol. The normalized spacial score (nSPS) is 19.2. The Hall–Kier alpha value is -1.99. The average molecular weight is 266 g/mol. The van der Waals surface area contributed by atoms with Crippen LogP contribution in [-0.4, -0.2) is 53.2 Å². The number of morpholine rings is 1. The quantitative estimate of drug-likeness (QED) is 0.632. The number of ether oxygens (including phenoxy) is 1. The number of hydrogen-bond acceptors (Lipinski definition) is 5. The molecule has 7 heteroatoms. The Labute approximate surface area is 109 Å². The summed E-state index contributed by atoms with van der Waals surface area (Å²) in [6, 6.07) is 5.47. The minimum atomic E-state index is -0.509. The fraction of sp³-hybridized carbons (Fsp3) is 0.417. The summed E-state index contributed by atoms with van der Waals surface area (Å²) in [6.45, 7) is 1.02. The lowest BCUT2D eigenvalue weighted by Crippen LogP contribution is -2.46. The van der Waals surface area contributed by atoms with Crippen molar-refractivity contribution in [3.05, 3.63) is 39.9 Å². The van der Waals surface area contributed by atoms with E-state index in [1.165, 1.54) is 24.3 Å². The molecule has 2 rings (SSSR count). The molecular weight excluding hydrogens is 252 g/mol. The van der Waals surface area contributed by atoms with Gasteiger partial charge in [0.1, 0.15) is 0 Å². The Morgan fingerprint density at radius 1 is 1.47 bits per heavy atom. The average Bonchev–Trinajstić information content (AvgIpc) is 2.46. The molecule has 1 atom stereocenters. The first-order chi connectivity index (χ1) is 9.11. The van der Waals surface area contributed by atoms with Crippen LogP contribution in [0.5, 0.6) is 0 Å². The summed E-state index contributed by atoms with van der Waals surface area (Å²) in [7, 11) is 0. The van der Waals surface area contributed by atoms with Gasteiger partial charge in [0.25, 0.3) is 11.6 Å². The van der Waals surface area contributed by atoms with Crippen LogP contribution in [-0.2, 0) is 4.74 Å². The molecule has 1 aliphatic rings. The van der Waals surface area contributed by atoms with E-state index in [2.05, 4.69) is 0 Å². The molecule has 0 radical (unpaired) electrons. The summed E-state index contributed by atoms with van der Waals surface area (Å²) in [6.07, 6.45) is -0.365. The number of carbonyl (C=O) groups excluding carboxylic acids is 1. The number of amides is 1. The maximum Gasteiger partial charge on any atom is 0.269 e. The Morgan fingerprint density at radius 3 is 2.74 bits per heavy atom. The number of non-ortho nitro benzene ring substituents is 1. The van der Waals surface area contributed by atoms with Gasteiger partial charge >= 0.3 is 0 Å². The molecule has 0 saturated carbocycles. The number of benzene rings is 1. The SMILES string of the molecule is O=C(c1ccc([N+](=O)[O-])cc1)N1CCOC(CO)C1. The molecule has 1 aromatic carbocycles. The number of nitro benzene ring substituents is 1. The Bertz CT molecular complexity index is 474. The molecule has 1 aromatic rings. The monoisotopic (exact) mass is 266 g/mol. The van der Waals surface area contributed by atoms with Crippen molar-refractivity contribution in [2.75, 3.05) is 26.3 Å². The minimum Gasteiger partial charge on any atom is -0.394 e. The van der Waals surface area contributed by atoms with Gasteiger partial charge in [-0.15, -0.1) is 0 Å². The van der Waals surface area contributed by atoms with Crippen molar-refractivity contribution in [3.8, 4) is 0 Å². The molecule has 0 bridgehead atoms. The summed E-state index contributed by atoms with van der Waals surface area (Å²) in [5, 5.41) is 19.6. The molecule has 0 aliphatic carbocycles. The first-order valence-corrected chi connectivity index (χ1v) is 5.88. The Balaban J connectivity index is 2.08. The number of carbonyl (C=O) groups is 1. The van der Waals surface area contributed by atoms with Crippen molar-refractivity contribution in [1.82, 2.24) is 4.90 Å². The van der Waals surface area contributed by atoms with Crippen LogP contribution in [0.2, 0.25) is 0 Å². The van der Waals surface area contributed by atoms with Crippen molar-refractivity contribution in [2.45, 2.75) is 6.10 Å². The summed E-state index contributed by atoms with van der Waals surface area (Å²) >= 11 is 0. The van der Waals surface area contributed by atoms with E-state index in [1.54, 1.807) is 4.90 Å². The maximum absolute atomic E-state index is 12.2. The number of rotatable bonds is 3. The highest BCUT2D eigenvalue weighted by Crippen LogP contribution is 2.15. The van der Waals surface area contributed by atoms with Gasteiger partial charge in [0.2, 0.25) is 0 Å². The molecule has 1 aliphatic heterocycles. The number of nitrogens with zero attached hydrogens (tertiary/aromatic N) is 2. The van der Waals surface area contributed by atoms with Crippen LogP contribution in [0.25, 0.3) is 0 Å². The van der Waals surface area contributed by atoms with Gasteiger partial charge in [-0.25, -0.2) is 0 Å². The molecule has 19 heavy (non-hydrogen) atoms. The lowest BCUT2D eigenvalue weighted by molar-refractivity contribution is -0.384. The highest BCUT2D eigenvalue weighted by molar-refractivity contribution is 5.94.